The summed E-state index contributed by atoms with van der Waals surface area (Å²) in [6.45, 7) is 4.50. The van der Waals surface area contributed by atoms with E-state index in [1.807, 2.05) is 44.2 Å². The minimum absolute atomic E-state index is 0.0197. The first-order valence-electron chi connectivity index (χ1n) is 13.7. The Morgan fingerprint density at radius 2 is 1.53 bits per heavy atom. The molecule has 0 saturated carbocycles. The fourth-order valence-electron chi connectivity index (χ4n) is 4.47. The van der Waals surface area contributed by atoms with Crippen LogP contribution < -0.4 is 9.62 Å². The van der Waals surface area contributed by atoms with E-state index in [9.17, 15) is 18.0 Å². The molecule has 0 aliphatic rings. The zero-order chi connectivity index (χ0) is 31.7. The van der Waals surface area contributed by atoms with Crippen LogP contribution in [-0.4, -0.2) is 50.5 Å². The Kier molecular flexibility index (Phi) is 13.0. The van der Waals surface area contributed by atoms with Crippen LogP contribution in [0.5, 0.6) is 0 Å². The largest absolute Gasteiger partial charge is 0.354 e. The van der Waals surface area contributed by atoms with Gasteiger partial charge in [-0.25, -0.2) is 8.42 Å². The first-order valence-corrected chi connectivity index (χ1v) is 17.1. The average molecular weight is 688 g/mol. The molecule has 43 heavy (non-hydrogen) atoms. The lowest BCUT2D eigenvalue weighted by molar-refractivity contribution is -0.141. The molecule has 7 nitrogen and oxygen atoms in total. The molecule has 3 rings (SSSR count). The predicted molar refractivity (Wildman–Crippen MR) is 177 cm³/mol. The highest BCUT2D eigenvalue weighted by atomic mass is 35.5. The van der Waals surface area contributed by atoms with Crippen LogP contribution in [0.3, 0.4) is 0 Å². The van der Waals surface area contributed by atoms with Gasteiger partial charge in [0, 0.05) is 37.5 Å². The molecule has 0 bridgehead atoms. The van der Waals surface area contributed by atoms with E-state index in [-0.39, 0.29) is 60.8 Å². The second kappa shape index (κ2) is 16.0. The molecule has 0 saturated heterocycles. The van der Waals surface area contributed by atoms with Gasteiger partial charge in [-0.3, -0.25) is 13.9 Å². The Labute approximate surface area is 274 Å². The smallest absolute Gasteiger partial charge is 0.243 e. The third-order valence-corrected chi connectivity index (χ3v) is 9.10. The Morgan fingerprint density at radius 1 is 0.860 bits per heavy atom. The highest BCUT2D eigenvalue weighted by molar-refractivity contribution is 7.92. The van der Waals surface area contributed by atoms with Gasteiger partial charge < -0.3 is 10.2 Å². The molecule has 0 unspecified atom stereocenters. The first-order chi connectivity index (χ1) is 20.3. The van der Waals surface area contributed by atoms with Gasteiger partial charge >= 0.3 is 0 Å². The maximum Gasteiger partial charge on any atom is 0.243 e. The second-order valence-corrected chi connectivity index (χ2v) is 14.2. The highest BCUT2D eigenvalue weighted by Gasteiger charge is 2.31. The molecular weight excluding hydrogens is 652 g/mol. The number of benzene rings is 3. The lowest BCUT2D eigenvalue weighted by Crippen LogP contribution is -2.51. The van der Waals surface area contributed by atoms with Crippen molar-refractivity contribution in [1.29, 1.82) is 0 Å². The summed E-state index contributed by atoms with van der Waals surface area (Å²) in [6.07, 6.45) is 1.48. The molecule has 3 aromatic carbocycles. The van der Waals surface area contributed by atoms with Crippen LogP contribution in [-0.2, 0) is 32.6 Å². The number of nitrogens with one attached hydrogen (secondary N) is 1. The number of halogens is 4. The lowest BCUT2D eigenvalue weighted by atomic mass is 10.0. The van der Waals surface area contributed by atoms with Gasteiger partial charge in [0.25, 0.3) is 0 Å². The van der Waals surface area contributed by atoms with Crippen LogP contribution in [0.1, 0.15) is 37.8 Å². The number of rotatable bonds is 14. The van der Waals surface area contributed by atoms with E-state index in [1.54, 1.807) is 24.3 Å². The number of amides is 2. The number of sulfonamides is 1. The molecule has 0 radical (unpaired) electrons. The summed E-state index contributed by atoms with van der Waals surface area (Å²) in [6, 6.07) is 18.2. The van der Waals surface area contributed by atoms with Crippen LogP contribution >= 0.6 is 46.4 Å². The Hall–Kier alpha value is -2.49. The fourth-order valence-corrected chi connectivity index (χ4v) is 6.20. The maximum absolute atomic E-state index is 13.9. The summed E-state index contributed by atoms with van der Waals surface area (Å²) < 4.78 is 26.5. The Bertz CT molecular complexity index is 1520. The molecule has 12 heteroatoms. The van der Waals surface area contributed by atoms with Gasteiger partial charge in [0.15, 0.2) is 0 Å². The van der Waals surface area contributed by atoms with E-state index in [1.165, 1.54) is 17.0 Å². The molecular formula is C31H35Cl4N3O4S. The standard InChI is InChI=1S/C31H35Cl4N3O4S/c1-21(2)19-36-31(40)29(17-22-8-5-4-6-9-22)37(20-23-11-13-25(33)27(35)16-23)30(39)10-7-15-38(43(3,41)42)28-18-24(32)12-14-26(28)34/h4-6,8-9,11-14,16,18,21,29H,7,10,15,17,19-20H2,1-3H3,(H,36,40)/t29-/m0/s1. The summed E-state index contributed by atoms with van der Waals surface area (Å²) in [4.78, 5) is 29.1. The molecule has 0 heterocycles. The van der Waals surface area contributed by atoms with E-state index in [2.05, 4.69) is 5.32 Å². The van der Waals surface area contributed by atoms with Crippen molar-refractivity contribution in [3.05, 3.63) is 97.9 Å². The summed E-state index contributed by atoms with van der Waals surface area (Å²) in [5, 5.41) is 4.22. The van der Waals surface area contributed by atoms with Crippen LogP contribution in [0.4, 0.5) is 5.69 Å². The average Bonchev–Trinajstić information content (AvgIpc) is 2.94. The van der Waals surface area contributed by atoms with Crippen molar-refractivity contribution in [2.24, 2.45) is 5.92 Å². The Morgan fingerprint density at radius 3 is 2.16 bits per heavy atom. The third-order valence-electron chi connectivity index (χ3n) is 6.62. The van der Waals surface area contributed by atoms with Crippen molar-refractivity contribution in [2.75, 3.05) is 23.7 Å². The number of nitrogens with zero attached hydrogens (tertiary/aromatic N) is 2. The monoisotopic (exact) mass is 685 g/mol. The number of hydrogen-bond donors (Lipinski definition) is 1. The van der Waals surface area contributed by atoms with Crippen molar-refractivity contribution in [2.45, 2.75) is 45.7 Å². The number of carbonyl (C=O) groups is 2. The van der Waals surface area contributed by atoms with E-state index < -0.39 is 16.1 Å². The molecule has 0 spiro atoms. The van der Waals surface area contributed by atoms with Crippen LogP contribution in [0, 0.1) is 5.92 Å². The molecule has 232 valence electrons. The van der Waals surface area contributed by atoms with Gasteiger partial charge in [-0.1, -0.05) is 96.6 Å². The van der Waals surface area contributed by atoms with Crippen molar-refractivity contribution in [1.82, 2.24) is 10.2 Å². The zero-order valence-electron chi connectivity index (χ0n) is 24.2. The highest BCUT2D eigenvalue weighted by Crippen LogP contribution is 2.31. The third kappa shape index (κ3) is 10.6. The summed E-state index contributed by atoms with van der Waals surface area (Å²) >= 11 is 24.8. The van der Waals surface area contributed by atoms with E-state index in [0.29, 0.717) is 27.2 Å². The van der Waals surface area contributed by atoms with Crippen LogP contribution in [0.25, 0.3) is 0 Å². The maximum atomic E-state index is 13.9. The summed E-state index contributed by atoms with van der Waals surface area (Å²) in [7, 11) is -3.74. The van der Waals surface area contributed by atoms with Crippen molar-refractivity contribution >= 4 is 73.9 Å². The van der Waals surface area contributed by atoms with Crippen molar-refractivity contribution < 1.29 is 18.0 Å². The van der Waals surface area contributed by atoms with Gasteiger partial charge in [-0.2, -0.15) is 0 Å². The zero-order valence-corrected chi connectivity index (χ0v) is 28.0. The van der Waals surface area contributed by atoms with Crippen molar-refractivity contribution in [3.63, 3.8) is 0 Å². The minimum atomic E-state index is -3.74. The fraction of sp³-hybridized carbons (Fsp3) is 0.355. The van der Waals surface area contributed by atoms with Crippen molar-refractivity contribution in [3.8, 4) is 0 Å². The first kappa shape index (κ1) is 35.0. The normalized spacial score (nSPS) is 12.2. The molecule has 0 fully saturated rings. The number of anilines is 1. The summed E-state index contributed by atoms with van der Waals surface area (Å²) in [5.74, 6) is -0.396. The van der Waals surface area contributed by atoms with Crippen LogP contribution in [0.15, 0.2) is 66.7 Å². The van der Waals surface area contributed by atoms with Gasteiger partial charge in [0.1, 0.15) is 6.04 Å². The van der Waals surface area contributed by atoms with Crippen LogP contribution in [0.2, 0.25) is 20.1 Å². The molecule has 1 atom stereocenters. The molecule has 0 aliphatic carbocycles. The van der Waals surface area contributed by atoms with E-state index in [0.717, 1.165) is 16.1 Å². The molecule has 0 aromatic heterocycles. The Balaban J connectivity index is 1.92. The van der Waals surface area contributed by atoms with E-state index in [4.69, 9.17) is 46.4 Å². The van der Waals surface area contributed by atoms with Gasteiger partial charge in [0.2, 0.25) is 21.8 Å². The second-order valence-electron chi connectivity index (χ2n) is 10.6. The lowest BCUT2D eigenvalue weighted by Gasteiger charge is -2.32. The minimum Gasteiger partial charge on any atom is -0.354 e. The summed E-state index contributed by atoms with van der Waals surface area (Å²) in [5.41, 5.74) is 1.81. The molecule has 2 amide bonds. The van der Waals surface area contributed by atoms with E-state index >= 15 is 0 Å². The quantitative estimate of drug-likeness (QED) is 0.193. The SMILES string of the molecule is CC(C)CNC(=O)[C@H](Cc1ccccc1)N(Cc1ccc(Cl)c(Cl)c1)C(=O)CCCN(c1cc(Cl)ccc1Cl)S(C)(=O)=O. The number of carbonyl (C=O) groups excluding carboxylic acids is 2. The van der Waals surface area contributed by atoms with Gasteiger partial charge in [-0.15, -0.1) is 0 Å². The predicted octanol–water partition coefficient (Wildman–Crippen LogP) is 7.26. The van der Waals surface area contributed by atoms with Gasteiger partial charge in [0.05, 0.1) is 27.0 Å². The number of hydrogen-bond acceptors (Lipinski definition) is 4. The topological polar surface area (TPSA) is 86.8 Å². The molecule has 0 aliphatic heterocycles. The molecule has 1 N–H and O–H groups in total. The van der Waals surface area contributed by atoms with Gasteiger partial charge in [-0.05, 0) is 53.8 Å². The molecule has 3 aromatic rings.